The van der Waals surface area contributed by atoms with Crippen LogP contribution in [-0.4, -0.2) is 31.9 Å². The van der Waals surface area contributed by atoms with Gasteiger partial charge in [0.15, 0.2) is 11.2 Å². The molecule has 2 aromatic rings. The SMILES string of the molecule is CC.CO[C@H](C)CCCCn1c(=O)c2c(ncn2C)n(C)c1=O. The Morgan fingerprint density at radius 1 is 1.22 bits per heavy atom. The largest absolute Gasteiger partial charge is 0.382 e. The fourth-order valence-corrected chi connectivity index (χ4v) is 2.41. The number of nitrogens with zero attached hydrogens (tertiary/aromatic N) is 4. The van der Waals surface area contributed by atoms with E-state index in [0.29, 0.717) is 17.7 Å². The first-order valence-corrected chi connectivity index (χ1v) is 8.11. The topological polar surface area (TPSA) is 71.1 Å². The van der Waals surface area contributed by atoms with E-state index in [4.69, 9.17) is 4.74 Å². The zero-order chi connectivity index (χ0) is 17.6. The van der Waals surface area contributed by atoms with Gasteiger partial charge in [0.2, 0.25) is 0 Å². The number of hydrogen-bond donors (Lipinski definition) is 0. The molecule has 0 spiro atoms. The molecule has 130 valence electrons. The summed E-state index contributed by atoms with van der Waals surface area (Å²) >= 11 is 0. The molecule has 23 heavy (non-hydrogen) atoms. The van der Waals surface area contributed by atoms with Crippen LogP contribution in [0.1, 0.15) is 40.0 Å². The highest BCUT2D eigenvalue weighted by Crippen LogP contribution is 2.06. The number of rotatable bonds is 6. The third-order valence-corrected chi connectivity index (χ3v) is 3.85. The zero-order valence-electron chi connectivity index (χ0n) is 15.0. The zero-order valence-corrected chi connectivity index (χ0v) is 15.0. The van der Waals surface area contributed by atoms with Gasteiger partial charge in [0.1, 0.15) is 0 Å². The number of methoxy groups -OCH3 is 1. The summed E-state index contributed by atoms with van der Waals surface area (Å²) in [6.45, 7) is 6.43. The van der Waals surface area contributed by atoms with Crippen LogP contribution in [-0.2, 0) is 25.4 Å². The predicted molar refractivity (Wildman–Crippen MR) is 91.9 cm³/mol. The van der Waals surface area contributed by atoms with Crippen molar-refractivity contribution in [3.8, 4) is 0 Å². The summed E-state index contributed by atoms with van der Waals surface area (Å²) in [5.41, 5.74) is 0.304. The van der Waals surface area contributed by atoms with Gasteiger partial charge in [0, 0.05) is 27.7 Å². The van der Waals surface area contributed by atoms with Gasteiger partial charge in [-0.25, -0.2) is 9.78 Å². The van der Waals surface area contributed by atoms with Crippen molar-refractivity contribution >= 4 is 11.2 Å². The lowest BCUT2D eigenvalue weighted by Gasteiger charge is -2.10. The average molecular weight is 324 g/mol. The van der Waals surface area contributed by atoms with Gasteiger partial charge in [-0.1, -0.05) is 13.8 Å². The van der Waals surface area contributed by atoms with Gasteiger partial charge >= 0.3 is 5.69 Å². The van der Waals surface area contributed by atoms with Gasteiger partial charge in [0.25, 0.3) is 5.56 Å². The van der Waals surface area contributed by atoms with Crippen LogP contribution in [0.5, 0.6) is 0 Å². The number of aromatic nitrogens is 4. The van der Waals surface area contributed by atoms with Gasteiger partial charge in [-0.3, -0.25) is 13.9 Å². The van der Waals surface area contributed by atoms with Gasteiger partial charge < -0.3 is 9.30 Å². The minimum atomic E-state index is -0.314. The summed E-state index contributed by atoms with van der Waals surface area (Å²) < 4.78 is 9.56. The van der Waals surface area contributed by atoms with Crippen LogP contribution < -0.4 is 11.2 Å². The Hall–Kier alpha value is -1.89. The quantitative estimate of drug-likeness (QED) is 0.758. The summed E-state index contributed by atoms with van der Waals surface area (Å²) in [6, 6.07) is 0. The Kier molecular flexibility index (Phi) is 7.22. The lowest BCUT2D eigenvalue weighted by Crippen LogP contribution is -2.39. The maximum atomic E-state index is 12.4. The van der Waals surface area contributed by atoms with E-state index in [1.807, 2.05) is 20.8 Å². The molecule has 2 heterocycles. The van der Waals surface area contributed by atoms with Crippen LogP contribution in [0.25, 0.3) is 11.2 Å². The molecule has 2 rings (SSSR count). The summed E-state index contributed by atoms with van der Waals surface area (Å²) in [5, 5.41) is 0. The molecule has 0 unspecified atom stereocenters. The fraction of sp³-hybridized carbons (Fsp3) is 0.688. The van der Waals surface area contributed by atoms with E-state index in [-0.39, 0.29) is 17.4 Å². The van der Waals surface area contributed by atoms with Gasteiger partial charge in [-0.05, 0) is 26.2 Å². The Bertz CT molecular complexity index is 742. The molecule has 7 nitrogen and oxygen atoms in total. The molecule has 0 saturated heterocycles. The number of unbranched alkanes of at least 4 members (excludes halogenated alkanes) is 1. The highest BCUT2D eigenvalue weighted by atomic mass is 16.5. The van der Waals surface area contributed by atoms with Crippen LogP contribution in [0.3, 0.4) is 0 Å². The van der Waals surface area contributed by atoms with Crippen molar-refractivity contribution in [1.82, 2.24) is 18.7 Å². The minimum absolute atomic E-state index is 0.198. The average Bonchev–Trinajstić information content (AvgIpc) is 2.95. The number of fused-ring (bicyclic) bond motifs is 1. The predicted octanol–water partition coefficient (Wildman–Crippen LogP) is 1.67. The molecule has 0 aliphatic carbocycles. The van der Waals surface area contributed by atoms with Crippen molar-refractivity contribution in [3.63, 3.8) is 0 Å². The number of ether oxygens (including phenoxy) is 1. The van der Waals surface area contributed by atoms with E-state index in [9.17, 15) is 9.59 Å². The van der Waals surface area contributed by atoms with Crippen molar-refractivity contribution < 1.29 is 4.74 Å². The van der Waals surface area contributed by atoms with E-state index in [0.717, 1.165) is 19.3 Å². The van der Waals surface area contributed by atoms with Crippen LogP contribution in [0.15, 0.2) is 15.9 Å². The number of aryl methyl sites for hydroxylation is 2. The van der Waals surface area contributed by atoms with Gasteiger partial charge in [-0.2, -0.15) is 0 Å². The standard InChI is InChI=1S/C14H22N4O3.C2H6/c1-10(21-4)7-5-6-8-18-13(19)11-12(15-9-16(11)2)17(3)14(18)20;1-2/h9-10H,5-8H2,1-4H3;1-2H3/t10-;/m1./s1. The monoisotopic (exact) mass is 324 g/mol. The van der Waals surface area contributed by atoms with Crippen LogP contribution in [0.4, 0.5) is 0 Å². The molecule has 0 saturated carbocycles. The molecule has 0 bridgehead atoms. The summed E-state index contributed by atoms with van der Waals surface area (Å²) in [5.74, 6) is 0. The van der Waals surface area contributed by atoms with E-state index in [2.05, 4.69) is 4.98 Å². The molecule has 7 heteroatoms. The second kappa shape index (κ2) is 8.67. The molecule has 0 N–H and O–H groups in total. The fourth-order valence-electron chi connectivity index (χ4n) is 2.41. The molecular weight excluding hydrogens is 296 g/mol. The van der Waals surface area contributed by atoms with Crippen molar-refractivity contribution in [2.75, 3.05) is 7.11 Å². The van der Waals surface area contributed by atoms with Crippen molar-refractivity contribution in [2.24, 2.45) is 14.1 Å². The van der Waals surface area contributed by atoms with Crippen LogP contribution >= 0.6 is 0 Å². The summed E-state index contributed by atoms with van der Waals surface area (Å²) in [6.07, 6.45) is 4.35. The van der Waals surface area contributed by atoms with E-state index in [1.165, 1.54) is 9.13 Å². The smallest absolute Gasteiger partial charge is 0.332 e. The maximum Gasteiger partial charge on any atom is 0.332 e. The van der Waals surface area contributed by atoms with E-state index < -0.39 is 0 Å². The molecular formula is C16H28N4O3. The number of imidazole rings is 1. The molecule has 0 aromatic carbocycles. The second-order valence-corrected chi connectivity index (χ2v) is 5.37. The summed E-state index contributed by atoms with van der Waals surface area (Å²) in [7, 11) is 5.08. The van der Waals surface area contributed by atoms with Crippen molar-refractivity contribution in [1.29, 1.82) is 0 Å². The Morgan fingerprint density at radius 2 is 1.87 bits per heavy atom. The molecule has 0 aliphatic heterocycles. The Balaban J connectivity index is 0.00000127. The van der Waals surface area contributed by atoms with Gasteiger partial charge in [0.05, 0.1) is 12.4 Å². The minimum Gasteiger partial charge on any atom is -0.382 e. The highest BCUT2D eigenvalue weighted by Gasteiger charge is 2.14. The maximum absolute atomic E-state index is 12.4. The molecule has 0 fully saturated rings. The highest BCUT2D eigenvalue weighted by molar-refractivity contribution is 5.69. The second-order valence-electron chi connectivity index (χ2n) is 5.37. The van der Waals surface area contributed by atoms with E-state index >= 15 is 0 Å². The van der Waals surface area contributed by atoms with Gasteiger partial charge in [-0.15, -0.1) is 0 Å². The van der Waals surface area contributed by atoms with Crippen molar-refractivity contribution in [3.05, 3.63) is 27.2 Å². The first-order chi connectivity index (χ1) is 11.0. The van der Waals surface area contributed by atoms with Crippen LogP contribution in [0.2, 0.25) is 0 Å². The molecule has 0 radical (unpaired) electrons. The normalized spacial score (nSPS) is 12.1. The Labute approximate surface area is 136 Å². The summed E-state index contributed by atoms with van der Waals surface area (Å²) in [4.78, 5) is 28.8. The third kappa shape index (κ3) is 4.10. The van der Waals surface area contributed by atoms with E-state index in [1.54, 1.807) is 32.1 Å². The molecule has 1 atom stereocenters. The third-order valence-electron chi connectivity index (χ3n) is 3.85. The van der Waals surface area contributed by atoms with Crippen LogP contribution in [0, 0.1) is 0 Å². The lowest BCUT2D eigenvalue weighted by molar-refractivity contribution is 0.108. The number of hydrogen-bond acceptors (Lipinski definition) is 4. The Morgan fingerprint density at radius 3 is 2.48 bits per heavy atom. The molecule has 2 aromatic heterocycles. The first-order valence-electron chi connectivity index (χ1n) is 8.11. The first kappa shape index (κ1) is 19.2. The lowest BCUT2D eigenvalue weighted by atomic mass is 10.2. The van der Waals surface area contributed by atoms with Crippen molar-refractivity contribution in [2.45, 2.75) is 52.7 Å². The molecule has 0 aliphatic rings. The molecule has 0 amide bonds.